The minimum absolute atomic E-state index is 0. The normalized spacial score (nSPS) is 9.59. The first-order chi connectivity index (χ1) is 7.65. The summed E-state index contributed by atoms with van der Waals surface area (Å²) < 4.78 is 26.0. The third kappa shape index (κ3) is 3.65. The van der Waals surface area contributed by atoms with Gasteiger partial charge in [-0.05, 0) is 31.2 Å². The van der Waals surface area contributed by atoms with Crippen molar-refractivity contribution in [3.63, 3.8) is 0 Å². The summed E-state index contributed by atoms with van der Waals surface area (Å²) in [6.45, 7) is 1.97. The molecule has 86 valence electrons. The van der Waals surface area contributed by atoms with Crippen LogP contribution in [0.4, 0.5) is 20.2 Å². The van der Waals surface area contributed by atoms with Gasteiger partial charge in [0.05, 0.1) is 5.69 Å². The van der Waals surface area contributed by atoms with Crippen molar-refractivity contribution in [1.82, 2.24) is 0 Å². The molecule has 0 aliphatic heterocycles. The summed E-state index contributed by atoms with van der Waals surface area (Å²) in [4.78, 5) is 0. The van der Waals surface area contributed by atoms with Crippen molar-refractivity contribution in [2.75, 3.05) is 5.32 Å². The predicted molar refractivity (Wildman–Crippen MR) is 60.8 cm³/mol. The van der Waals surface area contributed by atoms with Gasteiger partial charge >= 0.3 is 0 Å². The summed E-state index contributed by atoms with van der Waals surface area (Å²) in [5, 5.41) is 2.88. The molecular weight excluding hydrogens is 256 g/mol. The van der Waals surface area contributed by atoms with E-state index in [0.29, 0.717) is 0 Å². The second kappa shape index (κ2) is 5.94. The van der Waals surface area contributed by atoms with Crippen molar-refractivity contribution in [1.29, 1.82) is 0 Å². The van der Waals surface area contributed by atoms with Crippen LogP contribution in [0.5, 0.6) is 0 Å². The van der Waals surface area contributed by atoms with E-state index >= 15 is 0 Å². The summed E-state index contributed by atoms with van der Waals surface area (Å²) in [6, 6.07) is 11.0. The molecule has 0 saturated heterocycles. The van der Waals surface area contributed by atoms with Crippen LogP contribution in [0.3, 0.4) is 0 Å². The maximum atomic E-state index is 13.3. The van der Waals surface area contributed by atoms with Crippen molar-refractivity contribution in [3.05, 3.63) is 59.7 Å². The van der Waals surface area contributed by atoms with Gasteiger partial charge in [-0.2, -0.15) is 0 Å². The number of halogens is 2. The van der Waals surface area contributed by atoms with E-state index in [1.165, 1.54) is 12.1 Å². The zero-order valence-electron chi connectivity index (χ0n) is 9.30. The van der Waals surface area contributed by atoms with Crippen molar-refractivity contribution < 1.29 is 30.5 Å². The van der Waals surface area contributed by atoms with E-state index in [0.717, 1.165) is 17.3 Å². The second-order valence-electron chi connectivity index (χ2n) is 3.62. The van der Waals surface area contributed by atoms with E-state index in [1.54, 1.807) is 0 Å². The molecule has 0 atom stereocenters. The van der Waals surface area contributed by atoms with Gasteiger partial charge in [0.15, 0.2) is 0 Å². The Balaban J connectivity index is 0.00000144. The molecule has 1 N–H and O–H groups in total. The number of hydrogen-bond acceptors (Lipinski definition) is 1. The SMILES string of the molecule is Cc1ccc(Nc2ccc(F)cc2F)cc1.[Ti]. The summed E-state index contributed by atoms with van der Waals surface area (Å²) >= 11 is 0. The smallest absolute Gasteiger partial charge is 0.149 e. The number of hydrogen-bond donors (Lipinski definition) is 1. The molecule has 0 aliphatic rings. The quantitative estimate of drug-likeness (QED) is 0.810. The molecule has 0 spiro atoms. The van der Waals surface area contributed by atoms with E-state index in [-0.39, 0.29) is 27.4 Å². The van der Waals surface area contributed by atoms with Gasteiger partial charge in [0.1, 0.15) is 11.6 Å². The zero-order valence-corrected chi connectivity index (χ0v) is 10.9. The molecule has 0 aliphatic carbocycles. The summed E-state index contributed by atoms with van der Waals surface area (Å²) in [5.74, 6) is -1.17. The van der Waals surface area contributed by atoms with Crippen LogP contribution in [0.1, 0.15) is 5.56 Å². The number of aryl methyl sites for hydroxylation is 1. The third-order valence-corrected chi connectivity index (χ3v) is 2.26. The molecule has 4 heteroatoms. The van der Waals surface area contributed by atoms with Crippen LogP contribution in [-0.2, 0) is 21.7 Å². The fourth-order valence-corrected chi connectivity index (χ4v) is 1.38. The average Bonchev–Trinajstić information content (AvgIpc) is 2.25. The maximum absolute atomic E-state index is 13.3. The molecule has 0 aromatic heterocycles. The third-order valence-electron chi connectivity index (χ3n) is 2.26. The first kappa shape index (κ1) is 13.9. The fraction of sp³-hybridized carbons (Fsp3) is 0.0769. The van der Waals surface area contributed by atoms with Gasteiger partial charge in [0.2, 0.25) is 0 Å². The summed E-state index contributed by atoms with van der Waals surface area (Å²) in [6.07, 6.45) is 0. The molecule has 2 aromatic carbocycles. The molecule has 2 aromatic rings. The van der Waals surface area contributed by atoms with Crippen LogP contribution >= 0.6 is 0 Å². The van der Waals surface area contributed by atoms with Gasteiger partial charge in [0, 0.05) is 33.5 Å². The first-order valence-electron chi connectivity index (χ1n) is 4.94. The number of benzene rings is 2. The first-order valence-corrected chi connectivity index (χ1v) is 4.94. The number of rotatable bonds is 2. The maximum Gasteiger partial charge on any atom is 0.149 e. The van der Waals surface area contributed by atoms with Crippen LogP contribution in [-0.4, -0.2) is 0 Å². The van der Waals surface area contributed by atoms with Gasteiger partial charge in [-0.3, -0.25) is 0 Å². The van der Waals surface area contributed by atoms with Crippen LogP contribution < -0.4 is 5.32 Å². The molecule has 0 amide bonds. The molecule has 0 saturated carbocycles. The Morgan fingerprint density at radius 2 is 1.59 bits per heavy atom. The Hall–Kier alpha value is -1.19. The van der Waals surface area contributed by atoms with Gasteiger partial charge < -0.3 is 5.32 Å². The Bertz CT molecular complexity index is 497. The second-order valence-corrected chi connectivity index (χ2v) is 3.62. The summed E-state index contributed by atoms with van der Waals surface area (Å²) in [5.41, 5.74) is 2.17. The molecule has 0 unspecified atom stereocenters. The van der Waals surface area contributed by atoms with Crippen LogP contribution in [0, 0.1) is 18.6 Å². The largest absolute Gasteiger partial charge is 0.353 e. The van der Waals surface area contributed by atoms with Gasteiger partial charge in [-0.1, -0.05) is 17.7 Å². The van der Waals surface area contributed by atoms with E-state index in [4.69, 9.17) is 0 Å². The minimum Gasteiger partial charge on any atom is -0.353 e. The standard InChI is InChI=1S/C13H11F2N.Ti/c1-9-2-5-11(6-3-9)16-13-7-4-10(14)8-12(13)15;/h2-8,16H,1H3;. The van der Waals surface area contributed by atoms with E-state index in [9.17, 15) is 8.78 Å². The van der Waals surface area contributed by atoms with Gasteiger partial charge in [-0.15, -0.1) is 0 Å². The predicted octanol–water partition coefficient (Wildman–Crippen LogP) is 4.01. The minimum atomic E-state index is -0.597. The van der Waals surface area contributed by atoms with Crippen molar-refractivity contribution >= 4 is 11.4 Å². The Morgan fingerprint density at radius 3 is 2.18 bits per heavy atom. The molecule has 2 rings (SSSR count). The van der Waals surface area contributed by atoms with Crippen LogP contribution in [0.25, 0.3) is 0 Å². The zero-order chi connectivity index (χ0) is 11.5. The average molecular weight is 267 g/mol. The van der Waals surface area contributed by atoms with Crippen molar-refractivity contribution in [2.45, 2.75) is 6.92 Å². The van der Waals surface area contributed by atoms with Crippen molar-refractivity contribution in [3.8, 4) is 0 Å². The molecule has 0 radical (unpaired) electrons. The van der Waals surface area contributed by atoms with E-state index in [1.807, 2.05) is 31.2 Å². The van der Waals surface area contributed by atoms with E-state index < -0.39 is 11.6 Å². The molecular formula is C13H11F2NTi. The molecule has 0 fully saturated rings. The fourth-order valence-electron chi connectivity index (χ4n) is 1.38. The monoisotopic (exact) mass is 267 g/mol. The Kier molecular flexibility index (Phi) is 4.85. The van der Waals surface area contributed by atoms with Gasteiger partial charge in [0.25, 0.3) is 0 Å². The summed E-state index contributed by atoms with van der Waals surface area (Å²) in [7, 11) is 0. The van der Waals surface area contributed by atoms with Crippen molar-refractivity contribution in [2.24, 2.45) is 0 Å². The van der Waals surface area contributed by atoms with E-state index in [2.05, 4.69) is 5.32 Å². The Morgan fingerprint density at radius 1 is 0.941 bits per heavy atom. The molecule has 0 bridgehead atoms. The molecule has 17 heavy (non-hydrogen) atoms. The Labute approximate surface area is 114 Å². The van der Waals surface area contributed by atoms with Gasteiger partial charge in [-0.25, -0.2) is 8.78 Å². The number of anilines is 2. The molecule has 1 nitrogen and oxygen atoms in total. The van der Waals surface area contributed by atoms with Crippen LogP contribution in [0.2, 0.25) is 0 Å². The van der Waals surface area contributed by atoms with Crippen LogP contribution in [0.15, 0.2) is 42.5 Å². The topological polar surface area (TPSA) is 12.0 Å². The molecule has 0 heterocycles. The number of nitrogens with one attached hydrogen (secondary N) is 1.